The average Bonchev–Trinajstić information content (AvgIpc) is 2.62. The lowest BCUT2D eigenvalue weighted by atomic mass is 10.2. The van der Waals surface area contributed by atoms with Crippen molar-refractivity contribution in [3.05, 3.63) is 34.5 Å². The molecule has 0 bridgehead atoms. The van der Waals surface area contributed by atoms with E-state index in [1.54, 1.807) is 13.0 Å². The van der Waals surface area contributed by atoms with Crippen LogP contribution in [0.5, 0.6) is 0 Å². The second kappa shape index (κ2) is 3.22. The summed E-state index contributed by atoms with van der Waals surface area (Å²) in [4.78, 5) is 8.03. The van der Waals surface area contributed by atoms with E-state index >= 15 is 0 Å². The number of pyridine rings is 1. The summed E-state index contributed by atoms with van der Waals surface area (Å²) in [6, 6.07) is 3.02. The number of hydrogen-bond acceptors (Lipinski definition) is 3. The van der Waals surface area contributed by atoms with E-state index < -0.39 is 0 Å². The first kappa shape index (κ1) is 8.31. The summed E-state index contributed by atoms with van der Waals surface area (Å²) in [5.41, 5.74) is 4.55. The van der Waals surface area contributed by atoms with Crippen molar-refractivity contribution in [1.82, 2.24) is 9.97 Å². The highest BCUT2D eigenvalue weighted by molar-refractivity contribution is 7.07. The van der Waals surface area contributed by atoms with Crippen LogP contribution in [0.25, 0.3) is 11.4 Å². The van der Waals surface area contributed by atoms with Crippen LogP contribution in [-0.4, -0.2) is 9.97 Å². The Labute approximate surface area is 79.1 Å². The number of hydrogen-bond donors (Lipinski definition) is 0. The van der Waals surface area contributed by atoms with Gasteiger partial charge in [-0.2, -0.15) is 0 Å². The minimum atomic E-state index is -0.289. The normalized spacial score (nSPS) is 10.3. The van der Waals surface area contributed by atoms with Gasteiger partial charge in [0.05, 0.1) is 11.4 Å². The van der Waals surface area contributed by atoms with Crippen molar-refractivity contribution in [3.63, 3.8) is 0 Å². The van der Waals surface area contributed by atoms with E-state index in [-0.39, 0.29) is 5.82 Å². The maximum atomic E-state index is 12.9. The maximum absolute atomic E-state index is 12.9. The fourth-order valence-corrected chi connectivity index (χ4v) is 1.48. The number of rotatable bonds is 1. The molecule has 0 atom stereocenters. The fraction of sp³-hybridized carbons (Fsp3) is 0.111. The Bertz CT molecular complexity index is 412. The SMILES string of the molecule is Cc1nc(-c2cs[c]n2)ccc1F. The summed E-state index contributed by atoms with van der Waals surface area (Å²) in [5, 5.41) is 1.83. The first-order chi connectivity index (χ1) is 6.27. The van der Waals surface area contributed by atoms with Gasteiger partial charge in [-0.05, 0) is 19.1 Å². The quantitative estimate of drug-likeness (QED) is 0.695. The van der Waals surface area contributed by atoms with E-state index in [0.717, 1.165) is 5.69 Å². The molecule has 2 aromatic rings. The molecular formula is C9H6FN2S. The number of aryl methyl sites for hydroxylation is 1. The maximum Gasteiger partial charge on any atom is 0.152 e. The molecule has 2 nitrogen and oxygen atoms in total. The van der Waals surface area contributed by atoms with Crippen LogP contribution in [0, 0.1) is 18.3 Å². The number of nitrogens with zero attached hydrogens (tertiary/aromatic N) is 2. The summed E-state index contributed by atoms with van der Waals surface area (Å²) in [6.45, 7) is 1.63. The molecule has 0 aromatic carbocycles. The summed E-state index contributed by atoms with van der Waals surface area (Å²) in [7, 11) is 0. The molecule has 0 saturated carbocycles. The predicted molar refractivity (Wildman–Crippen MR) is 48.9 cm³/mol. The zero-order chi connectivity index (χ0) is 9.26. The van der Waals surface area contributed by atoms with Gasteiger partial charge in [0, 0.05) is 5.38 Å². The third-order valence-corrected chi connectivity index (χ3v) is 2.21. The van der Waals surface area contributed by atoms with Gasteiger partial charge >= 0.3 is 0 Å². The van der Waals surface area contributed by atoms with Crippen molar-refractivity contribution in [1.29, 1.82) is 0 Å². The van der Waals surface area contributed by atoms with E-state index in [4.69, 9.17) is 0 Å². The van der Waals surface area contributed by atoms with Gasteiger partial charge in [0.1, 0.15) is 11.5 Å². The summed E-state index contributed by atoms with van der Waals surface area (Å²) in [6.07, 6.45) is 0. The van der Waals surface area contributed by atoms with Gasteiger partial charge in [0.2, 0.25) is 0 Å². The Balaban J connectivity index is 2.49. The molecule has 0 aliphatic carbocycles. The Morgan fingerprint density at radius 2 is 2.23 bits per heavy atom. The third kappa shape index (κ3) is 1.58. The van der Waals surface area contributed by atoms with E-state index in [2.05, 4.69) is 15.5 Å². The number of thiazole rings is 1. The highest BCUT2D eigenvalue weighted by atomic mass is 32.1. The summed E-state index contributed by atoms with van der Waals surface area (Å²) >= 11 is 1.37. The zero-order valence-corrected chi connectivity index (χ0v) is 7.73. The van der Waals surface area contributed by atoms with Gasteiger partial charge in [-0.15, -0.1) is 11.3 Å². The van der Waals surface area contributed by atoms with Gasteiger partial charge in [-0.1, -0.05) is 0 Å². The van der Waals surface area contributed by atoms with Gasteiger partial charge in [-0.3, -0.25) is 0 Å². The Hall–Kier alpha value is -1.29. The van der Waals surface area contributed by atoms with E-state index in [1.807, 2.05) is 5.38 Å². The van der Waals surface area contributed by atoms with Crippen molar-refractivity contribution in [2.75, 3.05) is 0 Å². The minimum Gasteiger partial charge on any atom is -0.248 e. The topological polar surface area (TPSA) is 25.8 Å². The molecule has 13 heavy (non-hydrogen) atoms. The molecule has 0 amide bonds. The molecule has 0 saturated heterocycles. The predicted octanol–water partition coefficient (Wildman–Crippen LogP) is 2.45. The third-order valence-electron chi connectivity index (χ3n) is 1.67. The van der Waals surface area contributed by atoms with E-state index in [1.165, 1.54) is 17.4 Å². The molecular weight excluding hydrogens is 187 g/mol. The summed E-state index contributed by atoms with van der Waals surface area (Å²) < 4.78 is 12.9. The second-order valence-corrected chi connectivity index (χ2v) is 3.24. The standard InChI is InChI=1S/C9H6FN2S/c1-6-7(10)2-3-8(12-6)9-4-13-5-11-9/h2-4H,1H3. The average molecular weight is 193 g/mol. The van der Waals surface area contributed by atoms with Crippen LogP contribution in [0.15, 0.2) is 17.5 Å². The molecule has 0 N–H and O–H groups in total. The monoisotopic (exact) mass is 193 g/mol. The van der Waals surface area contributed by atoms with E-state index in [0.29, 0.717) is 11.4 Å². The lowest BCUT2D eigenvalue weighted by molar-refractivity contribution is 0.610. The van der Waals surface area contributed by atoms with Gasteiger partial charge in [0.25, 0.3) is 0 Å². The first-order valence-electron chi connectivity index (χ1n) is 3.72. The van der Waals surface area contributed by atoms with Crippen molar-refractivity contribution in [2.45, 2.75) is 6.92 Å². The first-order valence-corrected chi connectivity index (χ1v) is 4.60. The highest BCUT2D eigenvalue weighted by Gasteiger charge is 2.04. The van der Waals surface area contributed by atoms with Gasteiger partial charge in [0.15, 0.2) is 5.51 Å². The van der Waals surface area contributed by atoms with Crippen LogP contribution in [0.3, 0.4) is 0 Å². The molecule has 1 radical (unpaired) electrons. The largest absolute Gasteiger partial charge is 0.248 e. The molecule has 2 rings (SSSR count). The molecule has 0 fully saturated rings. The van der Waals surface area contributed by atoms with Crippen LogP contribution in [0.4, 0.5) is 4.39 Å². The molecule has 65 valence electrons. The Morgan fingerprint density at radius 1 is 1.38 bits per heavy atom. The lowest BCUT2D eigenvalue weighted by Crippen LogP contribution is -1.90. The smallest absolute Gasteiger partial charge is 0.152 e. The van der Waals surface area contributed by atoms with Crippen LogP contribution < -0.4 is 0 Å². The minimum absolute atomic E-state index is 0.289. The molecule has 2 heterocycles. The van der Waals surface area contributed by atoms with Crippen LogP contribution >= 0.6 is 11.3 Å². The Kier molecular flexibility index (Phi) is 2.06. The number of aromatic nitrogens is 2. The van der Waals surface area contributed by atoms with Gasteiger partial charge < -0.3 is 0 Å². The highest BCUT2D eigenvalue weighted by Crippen LogP contribution is 2.17. The molecule has 0 aliphatic heterocycles. The number of halogens is 1. The summed E-state index contributed by atoms with van der Waals surface area (Å²) in [5.74, 6) is -0.289. The van der Waals surface area contributed by atoms with Crippen LogP contribution in [0.2, 0.25) is 0 Å². The molecule has 4 heteroatoms. The molecule has 0 unspecified atom stereocenters. The van der Waals surface area contributed by atoms with Crippen LogP contribution in [0.1, 0.15) is 5.69 Å². The van der Waals surface area contributed by atoms with Crippen molar-refractivity contribution >= 4 is 11.3 Å². The van der Waals surface area contributed by atoms with Crippen LogP contribution in [-0.2, 0) is 0 Å². The van der Waals surface area contributed by atoms with E-state index in [9.17, 15) is 4.39 Å². The second-order valence-electron chi connectivity index (χ2n) is 2.59. The van der Waals surface area contributed by atoms with Crippen molar-refractivity contribution < 1.29 is 4.39 Å². The molecule has 0 aliphatic rings. The fourth-order valence-electron chi connectivity index (χ4n) is 0.988. The molecule has 2 aromatic heterocycles. The lowest BCUT2D eigenvalue weighted by Gasteiger charge is -1.98. The van der Waals surface area contributed by atoms with Crippen molar-refractivity contribution in [3.8, 4) is 11.4 Å². The van der Waals surface area contributed by atoms with Gasteiger partial charge in [-0.25, -0.2) is 14.4 Å². The Morgan fingerprint density at radius 3 is 2.85 bits per heavy atom. The molecule has 0 spiro atoms. The zero-order valence-electron chi connectivity index (χ0n) is 6.91. The van der Waals surface area contributed by atoms with Crippen molar-refractivity contribution in [2.24, 2.45) is 0 Å².